The van der Waals surface area contributed by atoms with Crippen molar-refractivity contribution in [2.75, 3.05) is 13.2 Å². The molecule has 0 spiro atoms. The normalized spacial score (nSPS) is 18.5. The minimum atomic E-state index is -4.58. The van der Waals surface area contributed by atoms with Crippen LogP contribution in [0, 0.1) is 6.92 Å². The molecule has 11 heteroatoms. The number of pyridine rings is 1. The van der Waals surface area contributed by atoms with Crippen LogP contribution in [0.2, 0.25) is 5.15 Å². The molecule has 0 amide bonds. The molecule has 1 aromatic carbocycles. The number of benzene rings is 1. The van der Waals surface area contributed by atoms with Crippen LogP contribution in [0.3, 0.4) is 0 Å². The Hall–Kier alpha value is -3.21. The highest BCUT2D eigenvalue weighted by Gasteiger charge is 2.33. The molecule has 1 fully saturated rings. The zero-order valence-electron chi connectivity index (χ0n) is 17.8. The molecule has 0 radical (unpaired) electrons. The largest absolute Gasteiger partial charge is 0.437 e. The number of aliphatic hydroxyl groups is 1. The Bertz CT molecular complexity index is 1360. The van der Waals surface area contributed by atoms with E-state index in [0.29, 0.717) is 29.1 Å². The Morgan fingerprint density at radius 1 is 1.15 bits per heavy atom. The first-order valence-corrected chi connectivity index (χ1v) is 10.7. The number of hydrogen-bond acceptors (Lipinski definition) is 6. The van der Waals surface area contributed by atoms with E-state index < -0.39 is 18.0 Å². The van der Waals surface area contributed by atoms with Gasteiger partial charge in [0.05, 0.1) is 37.2 Å². The highest BCUT2D eigenvalue weighted by molar-refractivity contribution is 6.35. The van der Waals surface area contributed by atoms with Gasteiger partial charge in [0.15, 0.2) is 5.69 Å². The highest BCUT2D eigenvalue weighted by Crippen LogP contribution is 2.39. The van der Waals surface area contributed by atoms with Crippen molar-refractivity contribution in [1.29, 1.82) is 0 Å². The van der Waals surface area contributed by atoms with Gasteiger partial charge in [0.2, 0.25) is 5.88 Å². The Labute approximate surface area is 196 Å². The molecular weight excluding hydrogens is 473 g/mol. The van der Waals surface area contributed by atoms with Gasteiger partial charge in [-0.25, -0.2) is 15.0 Å². The van der Waals surface area contributed by atoms with Crippen LogP contribution >= 0.6 is 11.6 Å². The van der Waals surface area contributed by atoms with Gasteiger partial charge in [0, 0.05) is 23.3 Å². The molecule has 176 valence electrons. The van der Waals surface area contributed by atoms with Gasteiger partial charge in [0.1, 0.15) is 17.0 Å². The number of fused-ring (bicyclic) bond motifs is 1. The van der Waals surface area contributed by atoms with E-state index in [4.69, 9.17) is 21.1 Å². The fraction of sp³-hybridized carbons (Fsp3) is 0.261. The van der Waals surface area contributed by atoms with Crippen LogP contribution < -0.4 is 4.74 Å². The Balaban J connectivity index is 1.55. The quantitative estimate of drug-likeness (QED) is 0.396. The summed E-state index contributed by atoms with van der Waals surface area (Å²) in [5.74, 6) is 0.298. The first kappa shape index (κ1) is 22.6. The SMILES string of the molecule is Cc1cc(Oc2cnc(C(F)(F)F)cn2)cc(-c2cn([C@@H]3COC[C@@H]3O)c3ccnc(Cl)c23)c1. The zero-order chi connectivity index (χ0) is 24.0. The molecule has 34 heavy (non-hydrogen) atoms. The van der Waals surface area contributed by atoms with Crippen LogP contribution in [0.4, 0.5) is 13.2 Å². The van der Waals surface area contributed by atoms with Crippen LogP contribution in [0.15, 0.2) is 49.1 Å². The van der Waals surface area contributed by atoms with Crippen molar-refractivity contribution in [2.45, 2.75) is 25.2 Å². The smallest absolute Gasteiger partial charge is 0.434 e. The fourth-order valence-corrected chi connectivity index (χ4v) is 4.31. The Morgan fingerprint density at radius 2 is 1.97 bits per heavy atom. The average Bonchev–Trinajstić information content (AvgIpc) is 3.37. The van der Waals surface area contributed by atoms with Gasteiger partial charge in [0.25, 0.3) is 0 Å². The molecule has 2 atom stereocenters. The van der Waals surface area contributed by atoms with Gasteiger partial charge < -0.3 is 19.1 Å². The number of aryl methyl sites for hydroxylation is 1. The molecule has 4 aromatic rings. The summed E-state index contributed by atoms with van der Waals surface area (Å²) >= 11 is 6.47. The molecule has 0 aliphatic carbocycles. The van der Waals surface area contributed by atoms with Crippen LogP contribution in [0.25, 0.3) is 22.0 Å². The summed E-state index contributed by atoms with van der Waals surface area (Å²) in [7, 11) is 0. The molecular formula is C23H18ClF3N4O3. The summed E-state index contributed by atoms with van der Waals surface area (Å²) in [4.78, 5) is 11.3. The number of halogens is 4. The van der Waals surface area contributed by atoms with Gasteiger partial charge in [-0.1, -0.05) is 17.7 Å². The van der Waals surface area contributed by atoms with Crippen molar-refractivity contribution in [3.8, 4) is 22.8 Å². The third kappa shape index (κ3) is 4.20. The number of rotatable bonds is 4. The highest BCUT2D eigenvalue weighted by atomic mass is 35.5. The molecule has 5 rings (SSSR count). The first-order valence-electron chi connectivity index (χ1n) is 10.3. The molecule has 1 aliphatic heterocycles. The minimum Gasteiger partial charge on any atom is -0.437 e. The van der Waals surface area contributed by atoms with Crippen LogP contribution in [-0.4, -0.2) is 43.9 Å². The minimum absolute atomic E-state index is 0.0714. The molecule has 1 saturated heterocycles. The standard InChI is InChI=1S/C23H18ClF3N4O3/c1-12-4-13(6-14(5-12)34-20-8-29-19(7-30-20)23(25,26)27)15-9-31(17-10-33-11-18(17)32)16-2-3-28-22(24)21(15)16/h2-9,17-18,32H,10-11H2,1H3/t17-,18+/m1/s1. The molecule has 3 aromatic heterocycles. The van der Waals surface area contributed by atoms with Gasteiger partial charge in [-0.05, 0) is 36.2 Å². The van der Waals surface area contributed by atoms with E-state index in [1.807, 2.05) is 29.8 Å². The summed E-state index contributed by atoms with van der Waals surface area (Å²) < 4.78 is 51.3. The Morgan fingerprint density at radius 3 is 2.65 bits per heavy atom. The molecule has 1 N–H and O–H groups in total. The maximum atomic E-state index is 12.8. The summed E-state index contributed by atoms with van der Waals surface area (Å²) in [5, 5.41) is 11.4. The van der Waals surface area contributed by atoms with Crippen molar-refractivity contribution in [3.63, 3.8) is 0 Å². The van der Waals surface area contributed by atoms with E-state index in [2.05, 4.69) is 15.0 Å². The zero-order valence-corrected chi connectivity index (χ0v) is 18.5. The third-order valence-electron chi connectivity index (χ3n) is 5.58. The number of aliphatic hydroxyl groups excluding tert-OH is 1. The lowest BCUT2D eigenvalue weighted by Gasteiger charge is -2.15. The van der Waals surface area contributed by atoms with Gasteiger partial charge >= 0.3 is 6.18 Å². The monoisotopic (exact) mass is 490 g/mol. The Kier molecular flexibility index (Phi) is 5.67. The lowest BCUT2D eigenvalue weighted by molar-refractivity contribution is -0.141. The molecule has 0 bridgehead atoms. The summed E-state index contributed by atoms with van der Waals surface area (Å²) in [6.45, 7) is 2.47. The molecule has 0 unspecified atom stereocenters. The second kappa shape index (κ2) is 8.53. The van der Waals surface area contributed by atoms with E-state index in [0.717, 1.165) is 28.4 Å². The fourth-order valence-electron chi connectivity index (χ4n) is 4.05. The van der Waals surface area contributed by atoms with Crippen molar-refractivity contribution >= 4 is 22.5 Å². The van der Waals surface area contributed by atoms with Crippen molar-refractivity contribution in [2.24, 2.45) is 0 Å². The predicted molar refractivity (Wildman–Crippen MR) is 118 cm³/mol. The van der Waals surface area contributed by atoms with Crippen LogP contribution in [-0.2, 0) is 10.9 Å². The second-order valence-electron chi connectivity index (χ2n) is 7.99. The van der Waals surface area contributed by atoms with E-state index in [1.165, 1.54) is 0 Å². The lowest BCUT2D eigenvalue weighted by Crippen LogP contribution is -2.21. The van der Waals surface area contributed by atoms with Crippen molar-refractivity contribution in [1.82, 2.24) is 19.5 Å². The van der Waals surface area contributed by atoms with Crippen molar-refractivity contribution in [3.05, 3.63) is 65.5 Å². The van der Waals surface area contributed by atoms with Gasteiger partial charge in [-0.2, -0.15) is 13.2 Å². The summed E-state index contributed by atoms with van der Waals surface area (Å²) in [5.41, 5.74) is 2.05. The number of alkyl halides is 3. The first-order chi connectivity index (χ1) is 16.2. The van der Waals surface area contributed by atoms with Crippen molar-refractivity contribution < 1.29 is 27.8 Å². The predicted octanol–water partition coefficient (Wildman–Crippen LogP) is 5.20. The maximum absolute atomic E-state index is 12.8. The summed E-state index contributed by atoms with van der Waals surface area (Å²) in [6.07, 6.45) is -0.205. The maximum Gasteiger partial charge on any atom is 0.434 e. The number of hydrogen-bond donors (Lipinski definition) is 1. The lowest BCUT2D eigenvalue weighted by atomic mass is 10.0. The van der Waals surface area contributed by atoms with E-state index in [1.54, 1.807) is 18.3 Å². The average molecular weight is 491 g/mol. The van der Waals surface area contributed by atoms with E-state index >= 15 is 0 Å². The van der Waals surface area contributed by atoms with Gasteiger partial charge in [-0.15, -0.1) is 0 Å². The van der Waals surface area contributed by atoms with E-state index in [-0.39, 0.29) is 18.5 Å². The summed E-state index contributed by atoms with van der Waals surface area (Å²) in [6, 6.07) is 6.93. The van der Waals surface area contributed by atoms with Gasteiger partial charge in [-0.3, -0.25) is 0 Å². The van der Waals surface area contributed by atoms with E-state index in [9.17, 15) is 18.3 Å². The topological polar surface area (TPSA) is 82.3 Å². The number of aromatic nitrogens is 4. The molecule has 0 saturated carbocycles. The van der Waals surface area contributed by atoms with Crippen LogP contribution in [0.5, 0.6) is 11.6 Å². The van der Waals surface area contributed by atoms with Crippen LogP contribution in [0.1, 0.15) is 17.3 Å². The molecule has 7 nitrogen and oxygen atoms in total. The second-order valence-corrected chi connectivity index (χ2v) is 8.35. The molecule has 1 aliphatic rings. The number of nitrogens with zero attached hydrogens (tertiary/aromatic N) is 4. The third-order valence-corrected chi connectivity index (χ3v) is 5.87. The number of ether oxygens (including phenoxy) is 2. The molecule has 4 heterocycles.